The van der Waals surface area contributed by atoms with Crippen LogP contribution in [0.15, 0.2) is 66.7 Å². The van der Waals surface area contributed by atoms with Crippen LogP contribution < -0.4 is 15.0 Å². The molecule has 234 valence electrons. The van der Waals surface area contributed by atoms with Gasteiger partial charge in [0.2, 0.25) is 0 Å². The second kappa shape index (κ2) is 15.2. The van der Waals surface area contributed by atoms with Crippen LogP contribution in [0.3, 0.4) is 0 Å². The van der Waals surface area contributed by atoms with E-state index in [-0.39, 0.29) is 19.1 Å². The maximum Gasteiger partial charge on any atom is 0.416 e. The fourth-order valence-electron chi connectivity index (χ4n) is 4.76. The Bertz CT molecular complexity index is 1400. The van der Waals surface area contributed by atoms with Crippen molar-refractivity contribution < 1.29 is 33.3 Å². The zero-order chi connectivity index (χ0) is 31.5. The average Bonchev–Trinajstić information content (AvgIpc) is 3.01. The van der Waals surface area contributed by atoms with E-state index in [4.69, 9.17) is 23.9 Å². The minimum Gasteiger partial charge on any atom is -0.494 e. The first-order valence-electron chi connectivity index (χ1n) is 14.9. The van der Waals surface area contributed by atoms with E-state index >= 15 is 0 Å². The van der Waals surface area contributed by atoms with E-state index in [1.807, 2.05) is 87.5 Å². The summed E-state index contributed by atoms with van der Waals surface area (Å²) in [7, 11) is 1.28. The number of ether oxygens (including phenoxy) is 4. The minimum atomic E-state index is -0.898. The number of aromatic nitrogens is 1. The number of esters is 1. The van der Waals surface area contributed by atoms with E-state index in [1.54, 1.807) is 4.90 Å². The average molecular weight is 604 g/mol. The number of nitrogens with one attached hydrogen (secondary N) is 1. The number of rotatable bonds is 11. The van der Waals surface area contributed by atoms with Gasteiger partial charge in [0.05, 0.1) is 13.7 Å². The highest BCUT2D eigenvalue weighted by Gasteiger charge is 2.28. The van der Waals surface area contributed by atoms with Gasteiger partial charge in [-0.1, -0.05) is 48.5 Å². The van der Waals surface area contributed by atoms with E-state index in [0.717, 1.165) is 41.6 Å². The summed E-state index contributed by atoms with van der Waals surface area (Å²) in [6.45, 7) is 6.74. The van der Waals surface area contributed by atoms with Gasteiger partial charge in [-0.3, -0.25) is 4.90 Å². The molecule has 3 aromatic rings. The fourth-order valence-corrected chi connectivity index (χ4v) is 4.76. The summed E-state index contributed by atoms with van der Waals surface area (Å²) >= 11 is 0. The molecule has 2 amide bonds. The van der Waals surface area contributed by atoms with Gasteiger partial charge in [-0.2, -0.15) is 0 Å². The van der Waals surface area contributed by atoms with Gasteiger partial charge in [0.1, 0.15) is 29.8 Å². The normalized spacial score (nSPS) is 13.3. The van der Waals surface area contributed by atoms with Crippen LogP contribution in [0.1, 0.15) is 56.0 Å². The number of amides is 2. The number of fused-ring (bicyclic) bond motifs is 1. The van der Waals surface area contributed by atoms with Crippen LogP contribution in [0.25, 0.3) is 0 Å². The number of anilines is 1. The van der Waals surface area contributed by atoms with Gasteiger partial charge in [0.15, 0.2) is 0 Å². The zero-order valence-electron chi connectivity index (χ0n) is 25.8. The minimum absolute atomic E-state index is 0.0969. The number of carbonyl (C=O) groups excluding carboxylic acids is 3. The van der Waals surface area contributed by atoms with E-state index in [0.29, 0.717) is 31.1 Å². The molecule has 1 N–H and O–H groups in total. The summed E-state index contributed by atoms with van der Waals surface area (Å²) in [4.78, 5) is 43.8. The molecule has 0 bridgehead atoms. The molecule has 0 spiro atoms. The smallest absolute Gasteiger partial charge is 0.416 e. The number of methoxy groups -OCH3 is 1. The van der Waals surface area contributed by atoms with Crippen molar-refractivity contribution in [1.29, 1.82) is 0 Å². The molecular weight excluding hydrogens is 562 g/mol. The Morgan fingerprint density at radius 2 is 1.73 bits per heavy atom. The molecular formula is C34H41N3O7. The summed E-state index contributed by atoms with van der Waals surface area (Å²) in [6, 6.07) is 19.8. The lowest BCUT2D eigenvalue weighted by atomic mass is 10.0. The predicted octanol–water partition coefficient (Wildman–Crippen LogP) is 5.79. The Labute approximate surface area is 258 Å². The molecule has 0 fully saturated rings. The van der Waals surface area contributed by atoms with Crippen LogP contribution >= 0.6 is 0 Å². The molecule has 0 saturated carbocycles. The van der Waals surface area contributed by atoms with Crippen molar-refractivity contribution in [3.63, 3.8) is 0 Å². The maximum absolute atomic E-state index is 12.8. The molecule has 1 atom stereocenters. The molecule has 1 aliphatic rings. The lowest BCUT2D eigenvalue weighted by Gasteiger charge is -2.31. The Morgan fingerprint density at radius 3 is 2.43 bits per heavy atom. The number of nitrogens with zero attached hydrogens (tertiary/aromatic N) is 2. The zero-order valence-corrected chi connectivity index (χ0v) is 25.8. The number of benzene rings is 2. The van der Waals surface area contributed by atoms with Crippen molar-refractivity contribution in [3.05, 3.63) is 89.1 Å². The van der Waals surface area contributed by atoms with E-state index in [9.17, 15) is 14.4 Å². The van der Waals surface area contributed by atoms with Gasteiger partial charge < -0.3 is 24.3 Å². The highest BCUT2D eigenvalue weighted by molar-refractivity contribution is 5.88. The largest absolute Gasteiger partial charge is 0.494 e. The number of hydrogen-bond donors (Lipinski definition) is 1. The molecule has 1 aromatic heterocycles. The number of pyridine rings is 1. The summed E-state index contributed by atoms with van der Waals surface area (Å²) in [5, 5.41) is 2.59. The third-order valence-corrected chi connectivity index (χ3v) is 6.91. The van der Waals surface area contributed by atoms with Gasteiger partial charge in [-0.05, 0) is 81.3 Å². The van der Waals surface area contributed by atoms with Crippen LogP contribution in [0.5, 0.6) is 5.75 Å². The van der Waals surface area contributed by atoms with Crippen molar-refractivity contribution in [2.24, 2.45) is 0 Å². The molecule has 0 saturated heterocycles. The molecule has 1 unspecified atom stereocenters. The number of hydrogen-bond acceptors (Lipinski definition) is 8. The van der Waals surface area contributed by atoms with Crippen molar-refractivity contribution >= 4 is 24.0 Å². The summed E-state index contributed by atoms with van der Waals surface area (Å²) in [5.41, 5.74) is 3.04. The summed E-state index contributed by atoms with van der Waals surface area (Å²) in [6.07, 6.45) is 2.36. The maximum atomic E-state index is 12.8. The Morgan fingerprint density at radius 1 is 0.977 bits per heavy atom. The molecule has 0 aliphatic carbocycles. The van der Waals surface area contributed by atoms with Gasteiger partial charge in [-0.25, -0.2) is 19.4 Å². The van der Waals surface area contributed by atoms with Gasteiger partial charge in [0.25, 0.3) is 0 Å². The monoisotopic (exact) mass is 603 g/mol. The second-order valence-corrected chi connectivity index (χ2v) is 11.6. The van der Waals surface area contributed by atoms with Crippen LogP contribution in [0.2, 0.25) is 0 Å². The molecule has 10 nitrogen and oxygen atoms in total. The third kappa shape index (κ3) is 9.72. The van der Waals surface area contributed by atoms with Crippen LogP contribution in [-0.4, -0.2) is 55.0 Å². The van der Waals surface area contributed by atoms with Crippen LogP contribution in [0.4, 0.5) is 15.4 Å². The standard InChI is InChI=1S/C34H41N3O7/c1-34(2,3)44-33(40)37-20-8-12-26-16-17-27(35-30(26)37)13-9-21-42-28-18-14-24(15-19-28)22-29(31(38)41-4)36-32(39)43-23-25-10-6-5-7-11-25/h5-7,10-11,14-19,29H,8-9,12-13,20-23H2,1-4H3,(H,36,39). The Kier molecular flexibility index (Phi) is 11.2. The molecule has 0 radical (unpaired) electrons. The lowest BCUT2D eigenvalue weighted by molar-refractivity contribution is -0.143. The lowest BCUT2D eigenvalue weighted by Crippen LogP contribution is -2.43. The quantitative estimate of drug-likeness (QED) is 0.166. The summed E-state index contributed by atoms with van der Waals surface area (Å²) < 4.78 is 21.6. The molecule has 2 aromatic carbocycles. The molecule has 4 rings (SSSR count). The SMILES string of the molecule is COC(=O)C(Cc1ccc(OCCCc2ccc3c(n2)N(C(=O)OC(C)(C)C)CCC3)cc1)NC(=O)OCc1ccccc1. The van der Waals surface area contributed by atoms with Gasteiger partial charge in [0, 0.05) is 18.7 Å². The first-order chi connectivity index (χ1) is 21.1. The highest BCUT2D eigenvalue weighted by atomic mass is 16.6. The second-order valence-electron chi connectivity index (χ2n) is 11.6. The Hall–Kier alpha value is -4.60. The van der Waals surface area contributed by atoms with E-state index in [1.165, 1.54) is 7.11 Å². The van der Waals surface area contributed by atoms with Crippen molar-refractivity contribution in [1.82, 2.24) is 10.3 Å². The molecule has 44 heavy (non-hydrogen) atoms. The van der Waals surface area contributed by atoms with Gasteiger partial charge in [-0.15, -0.1) is 0 Å². The topological polar surface area (TPSA) is 116 Å². The summed E-state index contributed by atoms with van der Waals surface area (Å²) in [5.74, 6) is 0.809. The highest BCUT2D eigenvalue weighted by Crippen LogP contribution is 2.27. The predicted molar refractivity (Wildman–Crippen MR) is 166 cm³/mol. The Balaban J connectivity index is 1.25. The van der Waals surface area contributed by atoms with Crippen molar-refractivity contribution in [2.75, 3.05) is 25.2 Å². The van der Waals surface area contributed by atoms with Crippen LogP contribution in [0, 0.1) is 0 Å². The first kappa shape index (κ1) is 32.3. The molecule has 2 heterocycles. The number of alkyl carbamates (subject to hydrolysis) is 1. The molecule has 1 aliphatic heterocycles. The third-order valence-electron chi connectivity index (χ3n) is 6.91. The number of carbonyl (C=O) groups is 3. The van der Waals surface area contributed by atoms with Crippen molar-refractivity contribution in [3.8, 4) is 5.75 Å². The van der Waals surface area contributed by atoms with Crippen molar-refractivity contribution in [2.45, 2.75) is 71.1 Å². The first-order valence-corrected chi connectivity index (χ1v) is 14.9. The van der Waals surface area contributed by atoms with E-state index < -0.39 is 23.7 Å². The molecule has 10 heteroatoms. The van der Waals surface area contributed by atoms with Crippen LogP contribution in [-0.2, 0) is 44.9 Å². The fraction of sp³-hybridized carbons (Fsp3) is 0.412. The van der Waals surface area contributed by atoms with E-state index in [2.05, 4.69) is 5.32 Å². The van der Waals surface area contributed by atoms with Gasteiger partial charge >= 0.3 is 18.2 Å². The number of aryl methyl sites for hydroxylation is 2.